The summed E-state index contributed by atoms with van der Waals surface area (Å²) in [6.07, 6.45) is 1.60. The summed E-state index contributed by atoms with van der Waals surface area (Å²) in [6.45, 7) is 5.16. The third-order valence-electron chi connectivity index (χ3n) is 4.57. The largest absolute Gasteiger partial charge is 0.496 e. The van der Waals surface area contributed by atoms with Gasteiger partial charge in [-0.3, -0.25) is 0 Å². The predicted molar refractivity (Wildman–Crippen MR) is 122 cm³/mol. The van der Waals surface area contributed by atoms with Crippen LogP contribution in [0.1, 0.15) is 19.4 Å². The fourth-order valence-corrected chi connectivity index (χ4v) is 2.98. The van der Waals surface area contributed by atoms with Gasteiger partial charge in [0.1, 0.15) is 23.6 Å². The van der Waals surface area contributed by atoms with Crippen LogP contribution in [0.2, 0.25) is 0 Å². The van der Waals surface area contributed by atoms with Crippen molar-refractivity contribution in [3.8, 4) is 11.5 Å². The Hall–Kier alpha value is -3.68. The van der Waals surface area contributed by atoms with E-state index in [4.69, 9.17) is 23.4 Å². The van der Waals surface area contributed by atoms with Gasteiger partial charge >= 0.3 is 5.97 Å². The summed E-state index contributed by atoms with van der Waals surface area (Å²) >= 11 is 0. The van der Waals surface area contributed by atoms with Crippen LogP contribution in [-0.4, -0.2) is 51.5 Å². The molecule has 2 aromatic carbocycles. The minimum Gasteiger partial charge on any atom is -0.496 e. The molecule has 0 aliphatic carbocycles. The zero-order valence-electron chi connectivity index (χ0n) is 18.8. The number of aromatic nitrogens is 1. The molecule has 3 rings (SSSR count). The number of hydrogen-bond donors (Lipinski definition) is 0. The van der Waals surface area contributed by atoms with Gasteiger partial charge in [-0.2, -0.15) is 4.98 Å². The van der Waals surface area contributed by atoms with Crippen LogP contribution < -0.4 is 14.4 Å². The van der Waals surface area contributed by atoms with E-state index in [1.807, 2.05) is 42.3 Å². The van der Waals surface area contributed by atoms with E-state index in [0.717, 1.165) is 11.1 Å². The highest BCUT2D eigenvalue weighted by Gasteiger charge is 2.14. The first-order chi connectivity index (χ1) is 15.5. The molecule has 0 spiro atoms. The Balaban J connectivity index is 1.64. The topological polar surface area (TPSA) is 83.3 Å². The van der Waals surface area contributed by atoms with Crippen LogP contribution in [0.25, 0.3) is 17.2 Å². The molecule has 0 radical (unpaired) electrons. The molecule has 0 N–H and O–H groups in total. The molecule has 170 valence electrons. The van der Waals surface area contributed by atoms with Crippen molar-refractivity contribution < 1.29 is 28.2 Å². The summed E-state index contributed by atoms with van der Waals surface area (Å²) in [6, 6.07) is 13.5. The van der Waals surface area contributed by atoms with Crippen LogP contribution >= 0.6 is 0 Å². The Kier molecular flexibility index (Phi) is 7.96. The van der Waals surface area contributed by atoms with Crippen molar-refractivity contribution in [3.05, 3.63) is 53.8 Å². The molecule has 0 unspecified atom stereocenters. The van der Waals surface area contributed by atoms with Crippen LogP contribution in [0.4, 0.5) is 6.01 Å². The van der Waals surface area contributed by atoms with Gasteiger partial charge in [0.2, 0.25) is 5.76 Å². The van der Waals surface area contributed by atoms with Crippen molar-refractivity contribution in [3.63, 3.8) is 0 Å². The lowest BCUT2D eigenvalue weighted by atomic mass is 10.1. The molecule has 0 saturated carbocycles. The van der Waals surface area contributed by atoms with E-state index in [2.05, 4.69) is 4.98 Å². The number of rotatable bonds is 11. The number of likely N-dealkylation sites (N-methyl/N-ethyl adjacent to an activating group) is 1. The lowest BCUT2D eigenvalue weighted by Gasteiger charge is -2.15. The molecule has 0 aliphatic rings. The number of esters is 1. The van der Waals surface area contributed by atoms with Gasteiger partial charge in [0.15, 0.2) is 5.58 Å². The van der Waals surface area contributed by atoms with Crippen molar-refractivity contribution in [1.82, 2.24) is 4.98 Å². The van der Waals surface area contributed by atoms with Gasteiger partial charge in [0, 0.05) is 18.7 Å². The molecular formula is C24H28N2O6. The van der Waals surface area contributed by atoms with Crippen LogP contribution in [-0.2, 0) is 14.3 Å². The number of methoxy groups -OCH3 is 1. The summed E-state index contributed by atoms with van der Waals surface area (Å²) in [5, 5.41) is 0. The maximum Gasteiger partial charge on any atom is 0.373 e. The molecule has 0 bridgehead atoms. The van der Waals surface area contributed by atoms with Crippen LogP contribution in [0.3, 0.4) is 0 Å². The minimum absolute atomic E-state index is 0.126. The van der Waals surface area contributed by atoms with E-state index in [-0.39, 0.29) is 12.4 Å². The zero-order valence-corrected chi connectivity index (χ0v) is 18.8. The predicted octanol–water partition coefficient (Wildman–Crippen LogP) is 4.29. The summed E-state index contributed by atoms with van der Waals surface area (Å²) in [4.78, 5) is 18.5. The normalized spacial score (nSPS) is 11.3. The Morgan fingerprint density at radius 1 is 1.12 bits per heavy atom. The fraction of sp³-hybridized carbons (Fsp3) is 0.333. The number of benzene rings is 2. The van der Waals surface area contributed by atoms with E-state index in [1.165, 1.54) is 0 Å². The number of carbonyl (C=O) groups excluding carboxylic acids is 1. The highest BCUT2D eigenvalue weighted by molar-refractivity contribution is 5.92. The summed E-state index contributed by atoms with van der Waals surface area (Å²) in [7, 11) is 3.45. The van der Waals surface area contributed by atoms with Crippen molar-refractivity contribution in [2.75, 3.05) is 45.4 Å². The van der Waals surface area contributed by atoms with E-state index < -0.39 is 5.97 Å². The number of hydrogen-bond acceptors (Lipinski definition) is 8. The summed E-state index contributed by atoms with van der Waals surface area (Å²) in [5.41, 5.74) is 2.25. The average Bonchev–Trinajstić information content (AvgIpc) is 3.24. The van der Waals surface area contributed by atoms with Crippen molar-refractivity contribution in [2.24, 2.45) is 0 Å². The number of nitrogens with zero attached hydrogens (tertiary/aromatic N) is 2. The molecule has 1 heterocycles. The zero-order chi connectivity index (χ0) is 22.9. The SMILES string of the molecule is CCOC(=O)C(=Cc1ccc(OCCN(C)c2nc3ccccc3o2)cc1OC)OCC. The smallest absolute Gasteiger partial charge is 0.373 e. The number of oxazole rings is 1. The van der Waals surface area contributed by atoms with Crippen LogP contribution in [0.15, 0.2) is 52.6 Å². The van der Waals surface area contributed by atoms with E-state index >= 15 is 0 Å². The number of carbonyl (C=O) groups is 1. The first kappa shape index (κ1) is 23.0. The fourth-order valence-electron chi connectivity index (χ4n) is 2.98. The maximum absolute atomic E-state index is 12.1. The van der Waals surface area contributed by atoms with Crippen LogP contribution in [0.5, 0.6) is 11.5 Å². The number of para-hydroxylation sites is 2. The molecule has 0 amide bonds. The van der Waals surface area contributed by atoms with Crippen LogP contribution in [0, 0.1) is 0 Å². The molecule has 0 atom stereocenters. The Bertz CT molecular complexity index is 1040. The first-order valence-corrected chi connectivity index (χ1v) is 10.4. The second kappa shape index (κ2) is 11.1. The lowest BCUT2D eigenvalue weighted by Crippen LogP contribution is -2.23. The molecule has 0 aliphatic heterocycles. The maximum atomic E-state index is 12.1. The molecule has 0 saturated heterocycles. The highest BCUT2D eigenvalue weighted by atomic mass is 16.6. The average molecular weight is 440 g/mol. The Morgan fingerprint density at radius 3 is 2.62 bits per heavy atom. The number of ether oxygens (including phenoxy) is 4. The number of fused-ring (bicyclic) bond motifs is 1. The third-order valence-corrected chi connectivity index (χ3v) is 4.57. The monoisotopic (exact) mass is 440 g/mol. The molecule has 3 aromatic rings. The first-order valence-electron chi connectivity index (χ1n) is 10.4. The van der Waals surface area contributed by atoms with Gasteiger partial charge in [-0.15, -0.1) is 0 Å². The molecular weight excluding hydrogens is 412 g/mol. The molecule has 8 nitrogen and oxygen atoms in total. The van der Waals surface area contributed by atoms with Gasteiger partial charge in [0.05, 0.1) is 26.9 Å². The third kappa shape index (κ3) is 5.72. The van der Waals surface area contributed by atoms with Gasteiger partial charge in [-0.1, -0.05) is 12.1 Å². The Labute approximate surface area is 187 Å². The second-order valence-electron chi connectivity index (χ2n) is 6.80. The van der Waals surface area contributed by atoms with Gasteiger partial charge in [-0.25, -0.2) is 4.79 Å². The van der Waals surface area contributed by atoms with E-state index in [9.17, 15) is 4.79 Å². The minimum atomic E-state index is -0.515. The van der Waals surface area contributed by atoms with Crippen molar-refractivity contribution >= 4 is 29.2 Å². The highest BCUT2D eigenvalue weighted by Crippen LogP contribution is 2.27. The van der Waals surface area contributed by atoms with Crippen molar-refractivity contribution in [1.29, 1.82) is 0 Å². The lowest BCUT2D eigenvalue weighted by molar-refractivity contribution is -0.142. The van der Waals surface area contributed by atoms with Gasteiger partial charge in [0.25, 0.3) is 6.01 Å². The molecule has 1 aromatic heterocycles. The molecule has 0 fully saturated rings. The summed E-state index contributed by atoms with van der Waals surface area (Å²) < 4.78 is 27.6. The molecule has 8 heteroatoms. The van der Waals surface area contributed by atoms with Gasteiger partial charge < -0.3 is 28.3 Å². The number of anilines is 1. The molecule has 32 heavy (non-hydrogen) atoms. The van der Waals surface area contributed by atoms with E-state index in [0.29, 0.717) is 42.8 Å². The summed E-state index contributed by atoms with van der Waals surface area (Å²) in [5.74, 6) is 0.801. The van der Waals surface area contributed by atoms with Crippen molar-refractivity contribution in [2.45, 2.75) is 13.8 Å². The quantitative estimate of drug-likeness (QED) is 0.248. The van der Waals surface area contributed by atoms with Gasteiger partial charge in [-0.05, 0) is 44.2 Å². The Morgan fingerprint density at radius 2 is 1.91 bits per heavy atom. The standard InChI is InChI=1S/C24H28N2O6/c1-5-29-22(23(27)30-6-2)15-17-11-12-18(16-21(17)28-4)31-14-13-26(3)24-25-19-9-7-8-10-20(19)32-24/h7-12,15-16H,5-6,13-14H2,1-4H3. The second-order valence-corrected chi connectivity index (χ2v) is 6.80. The van der Waals surface area contributed by atoms with E-state index in [1.54, 1.807) is 39.2 Å².